The number of hydrogen-bond acceptors (Lipinski definition) is 2. The monoisotopic (exact) mass is 462 g/mol. The lowest BCUT2D eigenvalue weighted by Gasteiger charge is -2.32. The summed E-state index contributed by atoms with van der Waals surface area (Å²) < 4.78 is 0. The fourth-order valence-corrected chi connectivity index (χ4v) is 3.77. The summed E-state index contributed by atoms with van der Waals surface area (Å²) in [5.74, 6) is -0.225. The van der Waals surface area contributed by atoms with E-state index in [0.717, 1.165) is 28.7 Å². The number of amides is 2. The van der Waals surface area contributed by atoms with Gasteiger partial charge < -0.3 is 10.2 Å². The van der Waals surface area contributed by atoms with E-state index < -0.39 is 6.04 Å². The Bertz CT molecular complexity index is 930. The quantitative estimate of drug-likeness (QED) is 0.505. The standard InChI is InChI=1S/C25H32Cl2N2O2/c1-6-18(5)28-25(31)23(7-2)29(15-19-10-11-21(26)22(27)13-19)24(30)14-20-12-16(3)8-9-17(20)4/h8-13,18,23H,6-7,14-15H2,1-5H3,(H,28,31). The van der Waals surface area contributed by atoms with Crippen LogP contribution in [0.25, 0.3) is 0 Å². The van der Waals surface area contributed by atoms with Gasteiger partial charge >= 0.3 is 0 Å². The van der Waals surface area contributed by atoms with E-state index in [2.05, 4.69) is 5.32 Å². The zero-order valence-electron chi connectivity index (χ0n) is 19.0. The van der Waals surface area contributed by atoms with Gasteiger partial charge in [-0.05, 0) is 62.4 Å². The second kappa shape index (κ2) is 11.5. The first-order valence-corrected chi connectivity index (χ1v) is 11.5. The van der Waals surface area contributed by atoms with Gasteiger partial charge in [0.25, 0.3) is 0 Å². The molecule has 0 bridgehead atoms. The number of aryl methyl sites for hydroxylation is 2. The van der Waals surface area contributed by atoms with Crippen LogP contribution in [0.2, 0.25) is 10.0 Å². The highest BCUT2D eigenvalue weighted by Gasteiger charge is 2.29. The van der Waals surface area contributed by atoms with Crippen molar-refractivity contribution in [2.45, 2.75) is 72.5 Å². The summed E-state index contributed by atoms with van der Waals surface area (Å²) in [6, 6.07) is 10.9. The predicted octanol–water partition coefficient (Wildman–Crippen LogP) is 5.87. The molecule has 4 nitrogen and oxygen atoms in total. The molecular weight excluding hydrogens is 431 g/mol. The second-order valence-electron chi connectivity index (χ2n) is 8.12. The van der Waals surface area contributed by atoms with Gasteiger partial charge in [-0.25, -0.2) is 0 Å². The Hall–Kier alpha value is -2.04. The summed E-state index contributed by atoms with van der Waals surface area (Å²) >= 11 is 12.2. The van der Waals surface area contributed by atoms with Gasteiger partial charge in [0.05, 0.1) is 16.5 Å². The Morgan fingerprint density at radius 1 is 1.00 bits per heavy atom. The Balaban J connectivity index is 2.36. The van der Waals surface area contributed by atoms with Crippen molar-refractivity contribution in [2.24, 2.45) is 0 Å². The zero-order chi connectivity index (χ0) is 23.1. The third kappa shape index (κ3) is 6.98. The van der Waals surface area contributed by atoms with Crippen molar-refractivity contribution < 1.29 is 9.59 Å². The number of rotatable bonds is 9. The lowest BCUT2D eigenvalue weighted by atomic mass is 10.0. The van der Waals surface area contributed by atoms with Gasteiger partial charge in [0.1, 0.15) is 6.04 Å². The van der Waals surface area contributed by atoms with E-state index in [-0.39, 0.29) is 30.8 Å². The minimum Gasteiger partial charge on any atom is -0.352 e. The molecule has 2 amide bonds. The molecule has 2 atom stereocenters. The SMILES string of the molecule is CCC(C)NC(=O)C(CC)N(Cc1ccc(Cl)c(Cl)c1)C(=O)Cc1cc(C)ccc1C. The van der Waals surface area contributed by atoms with Crippen LogP contribution in [0.3, 0.4) is 0 Å². The largest absolute Gasteiger partial charge is 0.352 e. The number of nitrogens with one attached hydrogen (secondary N) is 1. The zero-order valence-corrected chi connectivity index (χ0v) is 20.5. The number of benzene rings is 2. The highest BCUT2D eigenvalue weighted by atomic mass is 35.5. The van der Waals surface area contributed by atoms with Gasteiger partial charge in [0.15, 0.2) is 0 Å². The third-order valence-corrected chi connectivity index (χ3v) is 6.31. The Labute approximate surface area is 195 Å². The summed E-state index contributed by atoms with van der Waals surface area (Å²) in [6.45, 7) is 10.2. The first-order valence-electron chi connectivity index (χ1n) is 10.8. The second-order valence-corrected chi connectivity index (χ2v) is 8.93. The molecule has 31 heavy (non-hydrogen) atoms. The molecule has 6 heteroatoms. The molecule has 0 radical (unpaired) electrons. The van der Waals surface area contributed by atoms with Crippen molar-refractivity contribution in [1.29, 1.82) is 0 Å². The average Bonchev–Trinajstić information content (AvgIpc) is 2.72. The van der Waals surface area contributed by atoms with E-state index in [4.69, 9.17) is 23.2 Å². The highest BCUT2D eigenvalue weighted by Crippen LogP contribution is 2.24. The molecule has 0 aliphatic carbocycles. The Morgan fingerprint density at radius 3 is 2.32 bits per heavy atom. The maximum Gasteiger partial charge on any atom is 0.243 e. The maximum absolute atomic E-state index is 13.5. The number of carbonyl (C=O) groups excluding carboxylic acids is 2. The lowest BCUT2D eigenvalue weighted by molar-refractivity contribution is -0.141. The lowest BCUT2D eigenvalue weighted by Crippen LogP contribution is -2.51. The molecule has 0 heterocycles. The van der Waals surface area contributed by atoms with Crippen LogP contribution in [0.4, 0.5) is 0 Å². The summed E-state index contributed by atoms with van der Waals surface area (Å²) in [7, 11) is 0. The van der Waals surface area contributed by atoms with Crippen LogP contribution in [-0.2, 0) is 22.6 Å². The van der Waals surface area contributed by atoms with Gasteiger partial charge in [-0.2, -0.15) is 0 Å². The molecule has 0 aliphatic heterocycles. The van der Waals surface area contributed by atoms with Crippen LogP contribution in [0.1, 0.15) is 55.9 Å². The number of nitrogens with zero attached hydrogens (tertiary/aromatic N) is 1. The van der Waals surface area contributed by atoms with E-state index >= 15 is 0 Å². The smallest absolute Gasteiger partial charge is 0.243 e. The summed E-state index contributed by atoms with van der Waals surface area (Å²) in [5.41, 5.74) is 3.97. The molecule has 0 saturated carbocycles. The van der Waals surface area contributed by atoms with Crippen LogP contribution in [0.5, 0.6) is 0 Å². The number of carbonyl (C=O) groups is 2. The average molecular weight is 463 g/mol. The van der Waals surface area contributed by atoms with E-state index in [1.807, 2.05) is 58.9 Å². The third-order valence-electron chi connectivity index (χ3n) is 5.57. The fraction of sp³-hybridized carbons (Fsp3) is 0.440. The van der Waals surface area contributed by atoms with Gasteiger partial charge in [0.2, 0.25) is 11.8 Å². The van der Waals surface area contributed by atoms with Crippen LogP contribution >= 0.6 is 23.2 Å². The topological polar surface area (TPSA) is 49.4 Å². The predicted molar refractivity (Wildman–Crippen MR) is 129 cm³/mol. The Morgan fingerprint density at radius 2 is 1.71 bits per heavy atom. The van der Waals surface area contributed by atoms with Crippen molar-refractivity contribution in [1.82, 2.24) is 10.2 Å². The van der Waals surface area contributed by atoms with Crippen molar-refractivity contribution in [2.75, 3.05) is 0 Å². The van der Waals surface area contributed by atoms with E-state index in [9.17, 15) is 9.59 Å². The first-order chi connectivity index (χ1) is 14.7. The van der Waals surface area contributed by atoms with Crippen molar-refractivity contribution >= 4 is 35.0 Å². The molecule has 168 valence electrons. The highest BCUT2D eigenvalue weighted by molar-refractivity contribution is 6.42. The normalized spacial score (nSPS) is 12.9. The first kappa shape index (κ1) is 25.2. The van der Waals surface area contributed by atoms with Gasteiger partial charge in [-0.3, -0.25) is 9.59 Å². The van der Waals surface area contributed by atoms with Crippen molar-refractivity contribution in [3.05, 3.63) is 68.7 Å². The molecule has 0 aliphatic rings. The minimum absolute atomic E-state index is 0.0440. The van der Waals surface area contributed by atoms with Crippen LogP contribution in [-0.4, -0.2) is 28.8 Å². The number of hydrogen-bond donors (Lipinski definition) is 1. The van der Waals surface area contributed by atoms with E-state index in [1.54, 1.807) is 17.0 Å². The van der Waals surface area contributed by atoms with Gasteiger partial charge in [0, 0.05) is 12.6 Å². The molecule has 0 fully saturated rings. The number of halogens is 2. The van der Waals surface area contributed by atoms with E-state index in [0.29, 0.717) is 16.5 Å². The van der Waals surface area contributed by atoms with Gasteiger partial charge in [-0.15, -0.1) is 0 Å². The minimum atomic E-state index is -0.568. The van der Waals surface area contributed by atoms with Crippen molar-refractivity contribution in [3.63, 3.8) is 0 Å². The van der Waals surface area contributed by atoms with Crippen LogP contribution in [0, 0.1) is 13.8 Å². The Kier molecular flexibility index (Phi) is 9.39. The molecule has 2 aromatic carbocycles. The molecular formula is C25H32Cl2N2O2. The molecule has 2 aromatic rings. The fourth-order valence-electron chi connectivity index (χ4n) is 3.45. The molecule has 2 rings (SSSR count). The molecule has 0 saturated heterocycles. The molecule has 2 unspecified atom stereocenters. The van der Waals surface area contributed by atoms with E-state index in [1.165, 1.54) is 0 Å². The molecule has 1 N–H and O–H groups in total. The molecule has 0 spiro atoms. The summed E-state index contributed by atoms with van der Waals surface area (Å²) in [5, 5.41) is 3.91. The summed E-state index contributed by atoms with van der Waals surface area (Å²) in [4.78, 5) is 28.2. The van der Waals surface area contributed by atoms with Gasteiger partial charge in [-0.1, -0.05) is 66.9 Å². The van der Waals surface area contributed by atoms with Crippen LogP contribution in [0.15, 0.2) is 36.4 Å². The molecule has 0 aromatic heterocycles. The summed E-state index contributed by atoms with van der Waals surface area (Å²) in [6.07, 6.45) is 1.58. The van der Waals surface area contributed by atoms with Crippen molar-refractivity contribution in [3.8, 4) is 0 Å². The van der Waals surface area contributed by atoms with Crippen LogP contribution < -0.4 is 5.32 Å². The maximum atomic E-state index is 13.5.